The molecule has 0 aliphatic rings. The van der Waals surface area contributed by atoms with Gasteiger partial charge in [0, 0.05) is 12.4 Å². The molecule has 20 heavy (non-hydrogen) atoms. The van der Waals surface area contributed by atoms with Crippen molar-refractivity contribution in [2.75, 3.05) is 17.1 Å². The topological polar surface area (TPSA) is 98.3 Å². The lowest BCUT2D eigenvalue weighted by Gasteiger charge is -2.21. The molecule has 0 aliphatic heterocycles. The summed E-state index contributed by atoms with van der Waals surface area (Å²) in [6.07, 6.45) is 4.37. The summed E-state index contributed by atoms with van der Waals surface area (Å²) in [7, 11) is -3.60. The first-order valence-corrected chi connectivity index (χ1v) is 7.59. The number of carbonyl (C=O) groups excluding carboxylic acids is 1. The van der Waals surface area contributed by atoms with Crippen molar-refractivity contribution < 1.29 is 13.2 Å². The lowest BCUT2D eigenvalue weighted by Crippen LogP contribution is -2.37. The number of hydrogen-bond donors (Lipinski definition) is 1. The summed E-state index contributed by atoms with van der Waals surface area (Å²) in [5.74, 6) is -0.722. The first-order valence-electron chi connectivity index (χ1n) is 5.74. The molecule has 2 N–H and O–H groups in total. The molecule has 0 unspecified atom stereocenters. The highest BCUT2D eigenvalue weighted by molar-refractivity contribution is 7.92. The molecule has 8 heteroatoms. The first-order chi connectivity index (χ1) is 9.38. The van der Waals surface area contributed by atoms with E-state index in [2.05, 4.69) is 5.10 Å². The van der Waals surface area contributed by atoms with Gasteiger partial charge in [-0.1, -0.05) is 6.07 Å². The minimum Gasteiger partial charge on any atom is -0.368 e. The third-order valence-corrected chi connectivity index (χ3v) is 3.73. The summed E-state index contributed by atoms with van der Waals surface area (Å²) in [6, 6.07) is 8.44. The van der Waals surface area contributed by atoms with E-state index < -0.39 is 22.5 Å². The minimum absolute atomic E-state index is 0.360. The predicted molar refractivity (Wildman–Crippen MR) is 74.9 cm³/mol. The molecular weight excluding hydrogens is 280 g/mol. The molecule has 0 aliphatic carbocycles. The zero-order valence-corrected chi connectivity index (χ0v) is 11.6. The van der Waals surface area contributed by atoms with Crippen molar-refractivity contribution in [3.05, 3.63) is 42.7 Å². The van der Waals surface area contributed by atoms with E-state index in [0.29, 0.717) is 11.4 Å². The monoisotopic (exact) mass is 294 g/mol. The Balaban J connectivity index is 2.44. The van der Waals surface area contributed by atoms with E-state index in [1.807, 2.05) is 0 Å². The molecule has 0 spiro atoms. The van der Waals surface area contributed by atoms with Crippen LogP contribution in [-0.4, -0.2) is 36.9 Å². The Kier molecular flexibility index (Phi) is 3.75. The van der Waals surface area contributed by atoms with Crippen LogP contribution in [-0.2, 0) is 14.8 Å². The van der Waals surface area contributed by atoms with Gasteiger partial charge in [-0.05, 0) is 24.3 Å². The molecule has 1 amide bonds. The molecule has 0 radical (unpaired) electrons. The fraction of sp³-hybridized carbons (Fsp3) is 0.167. The zero-order valence-electron chi connectivity index (χ0n) is 10.8. The van der Waals surface area contributed by atoms with E-state index in [1.165, 1.54) is 0 Å². The number of anilines is 1. The van der Waals surface area contributed by atoms with Crippen molar-refractivity contribution in [2.24, 2.45) is 5.73 Å². The second-order valence-corrected chi connectivity index (χ2v) is 6.11. The number of sulfonamides is 1. The predicted octanol–water partition coefficient (Wildman–Crippen LogP) is 0.124. The van der Waals surface area contributed by atoms with Crippen LogP contribution in [0.25, 0.3) is 5.69 Å². The second-order valence-electron chi connectivity index (χ2n) is 4.21. The Labute approximate surface area is 116 Å². The number of nitrogens with two attached hydrogens (primary N) is 1. The van der Waals surface area contributed by atoms with Crippen molar-refractivity contribution in [3.8, 4) is 5.69 Å². The Morgan fingerprint density at radius 3 is 2.70 bits per heavy atom. The SMILES string of the molecule is CS(=O)(=O)N(CC(N)=O)c1cccc(-n2cccn2)c1. The number of aromatic nitrogens is 2. The van der Waals surface area contributed by atoms with Gasteiger partial charge in [-0.2, -0.15) is 5.10 Å². The van der Waals surface area contributed by atoms with Crippen LogP contribution < -0.4 is 10.0 Å². The molecule has 0 saturated heterocycles. The third kappa shape index (κ3) is 3.15. The van der Waals surface area contributed by atoms with Crippen LogP contribution in [0.5, 0.6) is 0 Å². The van der Waals surface area contributed by atoms with E-state index in [4.69, 9.17) is 5.73 Å². The quantitative estimate of drug-likeness (QED) is 0.847. The highest BCUT2D eigenvalue weighted by atomic mass is 32.2. The van der Waals surface area contributed by atoms with Gasteiger partial charge >= 0.3 is 0 Å². The largest absolute Gasteiger partial charge is 0.368 e. The van der Waals surface area contributed by atoms with Gasteiger partial charge < -0.3 is 5.73 Å². The van der Waals surface area contributed by atoms with Crippen LogP contribution in [0, 0.1) is 0 Å². The fourth-order valence-corrected chi connectivity index (χ4v) is 2.61. The molecular formula is C12H14N4O3S. The summed E-state index contributed by atoms with van der Waals surface area (Å²) in [5, 5.41) is 4.07. The van der Waals surface area contributed by atoms with E-state index in [9.17, 15) is 13.2 Å². The maximum atomic E-state index is 11.8. The molecule has 7 nitrogen and oxygen atoms in total. The maximum Gasteiger partial charge on any atom is 0.238 e. The summed E-state index contributed by atoms with van der Waals surface area (Å²) in [5.41, 5.74) is 6.14. The standard InChI is InChI=1S/C12H14N4O3S/c1-20(18,19)16(9-12(13)17)11-5-2-4-10(8-11)15-7-3-6-14-15/h2-8H,9H2,1H3,(H2,13,17). The molecule has 0 bridgehead atoms. The second kappa shape index (κ2) is 5.33. The normalized spacial score (nSPS) is 11.2. The Bertz CT molecular complexity index is 710. The van der Waals surface area contributed by atoms with Crippen molar-refractivity contribution in [1.82, 2.24) is 9.78 Å². The van der Waals surface area contributed by atoms with Gasteiger partial charge in [0.25, 0.3) is 0 Å². The van der Waals surface area contributed by atoms with Crippen molar-refractivity contribution >= 4 is 21.6 Å². The van der Waals surface area contributed by atoms with Gasteiger partial charge in [0.2, 0.25) is 15.9 Å². The van der Waals surface area contributed by atoms with Gasteiger partial charge in [-0.15, -0.1) is 0 Å². The van der Waals surface area contributed by atoms with Crippen molar-refractivity contribution in [2.45, 2.75) is 0 Å². The van der Waals surface area contributed by atoms with Crippen LogP contribution >= 0.6 is 0 Å². The average molecular weight is 294 g/mol. The van der Waals surface area contributed by atoms with Crippen LogP contribution in [0.15, 0.2) is 42.7 Å². The number of primary amides is 1. The lowest BCUT2D eigenvalue weighted by atomic mass is 10.2. The number of nitrogens with zero attached hydrogens (tertiary/aromatic N) is 3. The van der Waals surface area contributed by atoms with Crippen LogP contribution in [0.2, 0.25) is 0 Å². The van der Waals surface area contributed by atoms with Gasteiger partial charge in [-0.3, -0.25) is 9.10 Å². The van der Waals surface area contributed by atoms with Crippen LogP contribution in [0.3, 0.4) is 0 Å². The number of hydrogen-bond acceptors (Lipinski definition) is 4. The van der Waals surface area contributed by atoms with Gasteiger partial charge in [-0.25, -0.2) is 13.1 Å². The Morgan fingerprint density at radius 2 is 2.15 bits per heavy atom. The lowest BCUT2D eigenvalue weighted by molar-refractivity contribution is -0.116. The third-order valence-electron chi connectivity index (χ3n) is 2.59. The van der Waals surface area contributed by atoms with Gasteiger partial charge in [0.05, 0.1) is 17.6 Å². The van der Waals surface area contributed by atoms with E-state index in [1.54, 1.807) is 47.4 Å². The Morgan fingerprint density at radius 1 is 1.40 bits per heavy atom. The molecule has 2 aromatic rings. The van der Waals surface area contributed by atoms with Gasteiger partial charge in [0.1, 0.15) is 6.54 Å². The zero-order chi connectivity index (χ0) is 14.8. The number of benzene rings is 1. The van der Waals surface area contributed by atoms with E-state index in [-0.39, 0.29) is 0 Å². The highest BCUT2D eigenvalue weighted by Crippen LogP contribution is 2.20. The highest BCUT2D eigenvalue weighted by Gasteiger charge is 2.19. The summed E-state index contributed by atoms with van der Waals surface area (Å²) in [4.78, 5) is 11.0. The summed E-state index contributed by atoms with van der Waals surface area (Å²) < 4.78 is 26.1. The summed E-state index contributed by atoms with van der Waals surface area (Å²) in [6.45, 7) is -0.401. The first kappa shape index (κ1) is 14.1. The number of amides is 1. The van der Waals surface area contributed by atoms with Crippen molar-refractivity contribution in [3.63, 3.8) is 0 Å². The Hall–Kier alpha value is -2.35. The van der Waals surface area contributed by atoms with Crippen LogP contribution in [0.1, 0.15) is 0 Å². The summed E-state index contributed by atoms with van der Waals surface area (Å²) >= 11 is 0. The number of carbonyl (C=O) groups is 1. The smallest absolute Gasteiger partial charge is 0.238 e. The molecule has 2 rings (SSSR count). The van der Waals surface area contributed by atoms with E-state index in [0.717, 1.165) is 10.6 Å². The molecule has 0 saturated carbocycles. The fourth-order valence-electron chi connectivity index (χ4n) is 1.75. The van der Waals surface area contributed by atoms with Crippen LogP contribution in [0.4, 0.5) is 5.69 Å². The number of rotatable bonds is 5. The minimum atomic E-state index is -3.60. The molecule has 1 heterocycles. The molecule has 1 aromatic heterocycles. The molecule has 1 aromatic carbocycles. The molecule has 0 atom stereocenters. The average Bonchev–Trinajstić information content (AvgIpc) is 2.88. The van der Waals surface area contributed by atoms with E-state index >= 15 is 0 Å². The van der Waals surface area contributed by atoms with Gasteiger partial charge in [0.15, 0.2) is 0 Å². The maximum absolute atomic E-state index is 11.8. The van der Waals surface area contributed by atoms with Crippen molar-refractivity contribution in [1.29, 1.82) is 0 Å². The molecule has 106 valence electrons. The molecule has 0 fully saturated rings.